The Balaban J connectivity index is 2.94. The van der Waals surface area contributed by atoms with Gasteiger partial charge in [0, 0.05) is 6.07 Å². The van der Waals surface area contributed by atoms with Crippen LogP contribution in [0.2, 0.25) is 0 Å². The van der Waals surface area contributed by atoms with Crippen molar-refractivity contribution in [2.24, 2.45) is 0 Å². The number of carboxylic acid groups (broad SMARTS) is 1. The highest BCUT2D eigenvalue weighted by Crippen LogP contribution is 2.24. The van der Waals surface area contributed by atoms with Gasteiger partial charge in [0.15, 0.2) is 0 Å². The van der Waals surface area contributed by atoms with Gasteiger partial charge in [-0.1, -0.05) is 0 Å². The molecule has 0 atom stereocenters. The molecule has 2 N–H and O–H groups in total. The lowest BCUT2D eigenvalue weighted by molar-refractivity contribution is -0.147. The normalized spacial score (nSPS) is 9.47. The summed E-state index contributed by atoms with van der Waals surface area (Å²) < 4.78 is 17.5. The van der Waals surface area contributed by atoms with Crippen molar-refractivity contribution in [1.29, 1.82) is 0 Å². The molecular formula is C9H8FNO4. The third-order valence-corrected chi connectivity index (χ3v) is 1.61. The standard InChI is InChI=1S/C9H8FNO4/c1-15-7-4-5(10)2-3-6(7)11-8(12)9(13)14/h2-4H,1H3,(H,11,12)(H,13,14). The molecule has 0 radical (unpaired) electrons. The number of carbonyl (C=O) groups excluding carboxylic acids is 1. The van der Waals surface area contributed by atoms with Crippen molar-refractivity contribution >= 4 is 17.6 Å². The van der Waals surface area contributed by atoms with E-state index in [2.05, 4.69) is 5.32 Å². The molecule has 0 unspecified atom stereocenters. The van der Waals surface area contributed by atoms with E-state index in [1.807, 2.05) is 0 Å². The van der Waals surface area contributed by atoms with Crippen LogP contribution in [0, 0.1) is 5.82 Å². The molecule has 0 aliphatic carbocycles. The first-order valence-corrected chi connectivity index (χ1v) is 3.92. The predicted molar refractivity (Wildman–Crippen MR) is 49.2 cm³/mol. The Morgan fingerprint density at radius 3 is 2.67 bits per heavy atom. The first-order chi connectivity index (χ1) is 7.04. The Labute approximate surface area is 84.5 Å². The minimum Gasteiger partial charge on any atom is -0.494 e. The Bertz CT molecular complexity index is 405. The van der Waals surface area contributed by atoms with Crippen molar-refractivity contribution in [3.05, 3.63) is 24.0 Å². The summed E-state index contributed by atoms with van der Waals surface area (Å²) in [5.74, 6) is -3.31. The molecule has 1 amide bonds. The average molecular weight is 213 g/mol. The summed E-state index contributed by atoms with van der Waals surface area (Å²) in [5, 5.41) is 10.4. The number of nitrogens with one attached hydrogen (secondary N) is 1. The first-order valence-electron chi connectivity index (χ1n) is 3.92. The molecular weight excluding hydrogens is 205 g/mol. The number of methoxy groups -OCH3 is 1. The largest absolute Gasteiger partial charge is 0.494 e. The zero-order valence-corrected chi connectivity index (χ0v) is 7.78. The number of rotatable bonds is 2. The predicted octanol–water partition coefficient (Wildman–Crippen LogP) is 0.857. The number of aliphatic carboxylic acids is 1. The molecule has 0 aliphatic rings. The second-order valence-electron chi connectivity index (χ2n) is 2.60. The topological polar surface area (TPSA) is 75.6 Å². The second kappa shape index (κ2) is 4.41. The van der Waals surface area contributed by atoms with Gasteiger partial charge in [-0.05, 0) is 12.1 Å². The van der Waals surface area contributed by atoms with Crippen LogP contribution in [-0.4, -0.2) is 24.1 Å². The Morgan fingerprint density at radius 2 is 2.13 bits per heavy atom. The highest BCUT2D eigenvalue weighted by Gasteiger charge is 2.14. The van der Waals surface area contributed by atoms with Gasteiger partial charge in [0.2, 0.25) is 0 Å². The molecule has 1 aromatic rings. The van der Waals surface area contributed by atoms with Gasteiger partial charge in [-0.3, -0.25) is 4.79 Å². The van der Waals surface area contributed by atoms with Gasteiger partial charge in [0.1, 0.15) is 11.6 Å². The molecule has 80 valence electrons. The maximum atomic E-state index is 12.7. The lowest BCUT2D eigenvalue weighted by atomic mass is 10.3. The number of carbonyl (C=O) groups is 2. The molecule has 1 aromatic carbocycles. The molecule has 6 heteroatoms. The zero-order chi connectivity index (χ0) is 11.4. The molecule has 15 heavy (non-hydrogen) atoms. The highest BCUT2D eigenvalue weighted by molar-refractivity contribution is 6.36. The fraction of sp³-hybridized carbons (Fsp3) is 0.111. The summed E-state index contributed by atoms with van der Waals surface area (Å²) in [7, 11) is 1.28. The molecule has 0 saturated heterocycles. The van der Waals surface area contributed by atoms with Crippen LogP contribution in [0.5, 0.6) is 5.75 Å². The van der Waals surface area contributed by atoms with Crippen molar-refractivity contribution in [2.75, 3.05) is 12.4 Å². The van der Waals surface area contributed by atoms with Crippen LogP contribution >= 0.6 is 0 Å². The van der Waals surface area contributed by atoms with Crippen LogP contribution in [0.1, 0.15) is 0 Å². The van der Waals surface area contributed by atoms with Gasteiger partial charge in [-0.15, -0.1) is 0 Å². The van der Waals surface area contributed by atoms with Crippen LogP contribution in [0.3, 0.4) is 0 Å². The lowest BCUT2D eigenvalue weighted by Gasteiger charge is -2.07. The van der Waals surface area contributed by atoms with Gasteiger partial charge < -0.3 is 15.2 Å². The number of carboxylic acids is 1. The summed E-state index contributed by atoms with van der Waals surface area (Å²) in [5.41, 5.74) is 0.103. The summed E-state index contributed by atoms with van der Waals surface area (Å²) in [6, 6.07) is 3.34. The van der Waals surface area contributed by atoms with Crippen LogP contribution in [0.4, 0.5) is 10.1 Å². The number of ether oxygens (including phenoxy) is 1. The molecule has 0 aromatic heterocycles. The summed E-state index contributed by atoms with van der Waals surface area (Å²) in [6.07, 6.45) is 0. The van der Waals surface area contributed by atoms with E-state index in [4.69, 9.17) is 9.84 Å². The Hall–Kier alpha value is -2.11. The van der Waals surface area contributed by atoms with Gasteiger partial charge in [-0.25, -0.2) is 9.18 Å². The molecule has 1 rings (SSSR count). The number of benzene rings is 1. The van der Waals surface area contributed by atoms with E-state index in [1.165, 1.54) is 13.2 Å². The van der Waals surface area contributed by atoms with Crippen LogP contribution in [0.25, 0.3) is 0 Å². The second-order valence-corrected chi connectivity index (χ2v) is 2.60. The van der Waals surface area contributed by atoms with Crippen LogP contribution < -0.4 is 10.1 Å². The van der Waals surface area contributed by atoms with E-state index in [-0.39, 0.29) is 11.4 Å². The number of hydrogen-bond acceptors (Lipinski definition) is 3. The summed E-state index contributed by atoms with van der Waals surface area (Å²) in [4.78, 5) is 21.0. The maximum Gasteiger partial charge on any atom is 0.394 e. The molecule has 0 aliphatic heterocycles. The first kappa shape index (κ1) is 11.0. The summed E-state index contributed by atoms with van der Waals surface area (Å²) >= 11 is 0. The average Bonchev–Trinajstić information content (AvgIpc) is 2.20. The van der Waals surface area contributed by atoms with Crippen molar-refractivity contribution in [3.8, 4) is 5.75 Å². The van der Waals surface area contributed by atoms with E-state index >= 15 is 0 Å². The quantitative estimate of drug-likeness (QED) is 0.714. The van der Waals surface area contributed by atoms with Gasteiger partial charge in [-0.2, -0.15) is 0 Å². The number of anilines is 1. The van der Waals surface area contributed by atoms with Crippen molar-refractivity contribution in [1.82, 2.24) is 0 Å². The number of halogens is 1. The number of amides is 1. The third kappa shape index (κ3) is 2.67. The van der Waals surface area contributed by atoms with Crippen molar-refractivity contribution in [3.63, 3.8) is 0 Å². The molecule has 0 fully saturated rings. The zero-order valence-electron chi connectivity index (χ0n) is 7.78. The molecule has 5 nitrogen and oxygen atoms in total. The van der Waals surface area contributed by atoms with Crippen LogP contribution in [0.15, 0.2) is 18.2 Å². The van der Waals surface area contributed by atoms with Gasteiger partial charge >= 0.3 is 11.9 Å². The highest BCUT2D eigenvalue weighted by atomic mass is 19.1. The smallest absolute Gasteiger partial charge is 0.394 e. The number of hydrogen-bond donors (Lipinski definition) is 2. The van der Waals surface area contributed by atoms with E-state index in [0.717, 1.165) is 12.1 Å². The third-order valence-electron chi connectivity index (χ3n) is 1.61. The molecule has 0 spiro atoms. The molecule has 0 bridgehead atoms. The van der Waals surface area contributed by atoms with E-state index in [1.54, 1.807) is 0 Å². The van der Waals surface area contributed by atoms with Crippen molar-refractivity contribution in [2.45, 2.75) is 0 Å². The lowest BCUT2D eigenvalue weighted by Crippen LogP contribution is -2.22. The monoisotopic (exact) mass is 213 g/mol. The van der Waals surface area contributed by atoms with Crippen LogP contribution in [-0.2, 0) is 9.59 Å². The van der Waals surface area contributed by atoms with Gasteiger partial charge in [0.05, 0.1) is 12.8 Å². The minimum atomic E-state index is -1.62. The summed E-state index contributed by atoms with van der Waals surface area (Å²) in [6.45, 7) is 0. The van der Waals surface area contributed by atoms with Gasteiger partial charge in [0.25, 0.3) is 0 Å². The van der Waals surface area contributed by atoms with E-state index in [9.17, 15) is 14.0 Å². The fourth-order valence-electron chi connectivity index (χ4n) is 0.944. The minimum absolute atomic E-state index is 0.0598. The maximum absolute atomic E-state index is 12.7. The van der Waals surface area contributed by atoms with E-state index < -0.39 is 17.7 Å². The van der Waals surface area contributed by atoms with E-state index in [0.29, 0.717) is 0 Å². The Morgan fingerprint density at radius 1 is 1.47 bits per heavy atom. The SMILES string of the molecule is COc1cc(F)ccc1NC(=O)C(=O)O. The van der Waals surface area contributed by atoms with Crippen molar-refractivity contribution < 1.29 is 23.8 Å². The molecule has 0 heterocycles. The fourth-order valence-corrected chi connectivity index (χ4v) is 0.944. The Kier molecular flexibility index (Phi) is 3.22. The molecule has 0 saturated carbocycles.